The van der Waals surface area contributed by atoms with Gasteiger partial charge in [0.15, 0.2) is 6.61 Å². The lowest BCUT2D eigenvalue weighted by atomic mass is 10.2. The van der Waals surface area contributed by atoms with Crippen molar-refractivity contribution in [3.8, 4) is 5.75 Å². The summed E-state index contributed by atoms with van der Waals surface area (Å²) in [6.07, 6.45) is 0. The van der Waals surface area contributed by atoms with Gasteiger partial charge in [-0.15, -0.1) is 0 Å². The summed E-state index contributed by atoms with van der Waals surface area (Å²) in [5.41, 5.74) is 0.0194. The summed E-state index contributed by atoms with van der Waals surface area (Å²) in [6.45, 7) is 1.00. The van der Waals surface area contributed by atoms with Crippen molar-refractivity contribution in [2.24, 2.45) is 0 Å². The topological polar surface area (TPSA) is 120 Å². The maximum Gasteiger partial charge on any atom is 0.271 e. The first kappa shape index (κ1) is 18.6. The molecule has 1 aliphatic rings. The quantitative estimate of drug-likeness (QED) is 0.380. The molecular weight excluding hydrogens is 334 g/mol. The number of rotatable bonds is 9. The van der Waals surface area contributed by atoms with Crippen molar-refractivity contribution in [1.82, 2.24) is 5.32 Å². The van der Waals surface area contributed by atoms with Crippen LogP contribution in [0.5, 0.6) is 5.75 Å². The maximum absolute atomic E-state index is 12.0. The molecule has 0 atom stereocenters. The number of carbonyl (C=O) groups excluding carboxylic acids is 2. The first-order valence-corrected chi connectivity index (χ1v) is 7.58. The summed E-state index contributed by atoms with van der Waals surface area (Å²) in [6, 6.07) is 3.91. The van der Waals surface area contributed by atoms with Gasteiger partial charge in [-0.3, -0.25) is 24.6 Å². The Kier molecular flexibility index (Phi) is 6.66. The zero-order valence-electron chi connectivity index (χ0n) is 13.7. The minimum absolute atomic E-state index is 0.186. The van der Waals surface area contributed by atoms with Crippen molar-refractivity contribution in [2.75, 3.05) is 51.5 Å². The molecule has 1 aromatic rings. The molecule has 0 bridgehead atoms. The smallest absolute Gasteiger partial charge is 0.271 e. The van der Waals surface area contributed by atoms with Gasteiger partial charge < -0.3 is 19.5 Å². The van der Waals surface area contributed by atoms with E-state index in [1.807, 2.05) is 0 Å². The van der Waals surface area contributed by atoms with E-state index < -0.39 is 16.7 Å². The summed E-state index contributed by atoms with van der Waals surface area (Å²) in [5.74, 6) is -0.525. The molecule has 0 radical (unpaired) electrons. The Morgan fingerprint density at radius 2 is 2.20 bits per heavy atom. The van der Waals surface area contributed by atoms with Crippen LogP contribution in [0.2, 0.25) is 0 Å². The maximum atomic E-state index is 12.0. The van der Waals surface area contributed by atoms with E-state index in [0.29, 0.717) is 25.6 Å². The molecule has 2 amide bonds. The second-order valence-electron chi connectivity index (χ2n) is 5.13. The van der Waals surface area contributed by atoms with Crippen LogP contribution in [0.25, 0.3) is 0 Å². The lowest BCUT2D eigenvalue weighted by molar-refractivity contribution is -0.384. The van der Waals surface area contributed by atoms with Crippen LogP contribution >= 0.6 is 0 Å². The van der Waals surface area contributed by atoms with Crippen LogP contribution < -0.4 is 15.0 Å². The molecule has 0 fully saturated rings. The molecule has 2 rings (SSSR count). The van der Waals surface area contributed by atoms with Crippen molar-refractivity contribution >= 4 is 23.2 Å². The molecule has 1 N–H and O–H groups in total. The van der Waals surface area contributed by atoms with E-state index in [0.717, 1.165) is 0 Å². The summed E-state index contributed by atoms with van der Waals surface area (Å²) in [5, 5.41) is 13.5. The van der Waals surface area contributed by atoms with Crippen LogP contribution in [0.3, 0.4) is 0 Å². The molecule has 10 nitrogen and oxygen atoms in total. The Balaban J connectivity index is 1.95. The highest BCUT2D eigenvalue weighted by atomic mass is 16.6. The highest BCUT2D eigenvalue weighted by molar-refractivity contribution is 6.02. The van der Waals surface area contributed by atoms with Crippen LogP contribution in [-0.4, -0.2) is 63.4 Å². The molecule has 25 heavy (non-hydrogen) atoms. The van der Waals surface area contributed by atoms with Gasteiger partial charge in [0.2, 0.25) is 5.91 Å². The Morgan fingerprint density at radius 1 is 1.40 bits per heavy atom. The SMILES string of the molecule is COCCOCCNC(=O)CN1C(=O)COc2ccc([N+](=O)[O-])cc21. The van der Waals surface area contributed by atoms with Crippen molar-refractivity contribution in [3.05, 3.63) is 28.3 Å². The molecule has 0 aliphatic carbocycles. The summed E-state index contributed by atoms with van der Waals surface area (Å²) in [7, 11) is 1.56. The van der Waals surface area contributed by atoms with E-state index >= 15 is 0 Å². The average molecular weight is 353 g/mol. The zero-order valence-corrected chi connectivity index (χ0v) is 13.7. The third-order valence-electron chi connectivity index (χ3n) is 3.40. The number of nitro groups is 1. The Bertz CT molecular complexity index is 650. The van der Waals surface area contributed by atoms with Crippen LogP contribution in [0.1, 0.15) is 0 Å². The number of hydrogen-bond donors (Lipinski definition) is 1. The molecule has 1 heterocycles. The third-order valence-corrected chi connectivity index (χ3v) is 3.40. The minimum atomic E-state index is -0.574. The van der Waals surface area contributed by atoms with Crippen LogP contribution in [0.15, 0.2) is 18.2 Å². The fourth-order valence-corrected chi connectivity index (χ4v) is 2.18. The number of non-ortho nitro benzene ring substituents is 1. The molecule has 0 saturated carbocycles. The van der Waals surface area contributed by atoms with Gasteiger partial charge in [0, 0.05) is 25.8 Å². The Labute approximate surface area is 143 Å². The van der Waals surface area contributed by atoms with Crippen LogP contribution in [0.4, 0.5) is 11.4 Å². The zero-order chi connectivity index (χ0) is 18.2. The second kappa shape index (κ2) is 8.94. The van der Waals surface area contributed by atoms with Crippen LogP contribution in [0, 0.1) is 10.1 Å². The number of nitro benzene ring substituents is 1. The summed E-state index contributed by atoms with van der Waals surface area (Å²) < 4.78 is 15.3. The number of carbonyl (C=O) groups is 2. The monoisotopic (exact) mass is 353 g/mol. The standard InChI is InChI=1S/C15H19N3O7/c1-23-6-7-24-5-4-16-14(19)9-17-12-8-11(18(21)22)2-3-13(12)25-10-15(17)20/h2-3,8H,4-7,9-10H2,1H3,(H,16,19). The number of nitrogens with zero attached hydrogens (tertiary/aromatic N) is 2. The number of anilines is 1. The number of hydrogen-bond acceptors (Lipinski definition) is 7. The number of ether oxygens (including phenoxy) is 3. The van der Waals surface area contributed by atoms with E-state index in [2.05, 4.69) is 5.32 Å². The minimum Gasteiger partial charge on any atom is -0.482 e. The first-order chi connectivity index (χ1) is 12.0. The largest absolute Gasteiger partial charge is 0.482 e. The van der Waals surface area contributed by atoms with Crippen molar-refractivity contribution in [2.45, 2.75) is 0 Å². The first-order valence-electron chi connectivity index (χ1n) is 7.58. The fourth-order valence-electron chi connectivity index (χ4n) is 2.18. The molecule has 0 unspecified atom stereocenters. The van der Waals surface area contributed by atoms with Crippen molar-refractivity contribution in [1.29, 1.82) is 0 Å². The summed E-state index contributed by atoms with van der Waals surface area (Å²) >= 11 is 0. The van der Waals surface area contributed by atoms with Gasteiger partial charge in [-0.05, 0) is 6.07 Å². The highest BCUT2D eigenvalue weighted by Crippen LogP contribution is 2.34. The lowest BCUT2D eigenvalue weighted by Crippen LogP contribution is -2.45. The number of nitrogens with one attached hydrogen (secondary N) is 1. The number of methoxy groups -OCH3 is 1. The van der Waals surface area contributed by atoms with Gasteiger partial charge in [-0.25, -0.2) is 0 Å². The second-order valence-corrected chi connectivity index (χ2v) is 5.13. The normalized spacial score (nSPS) is 13.2. The van der Waals surface area contributed by atoms with E-state index in [4.69, 9.17) is 14.2 Å². The molecule has 1 aromatic carbocycles. The van der Waals surface area contributed by atoms with Gasteiger partial charge in [0.1, 0.15) is 12.3 Å². The van der Waals surface area contributed by atoms with Crippen molar-refractivity contribution in [3.63, 3.8) is 0 Å². The third kappa shape index (κ3) is 5.13. The van der Waals surface area contributed by atoms with Gasteiger partial charge in [-0.1, -0.05) is 0 Å². The van der Waals surface area contributed by atoms with Gasteiger partial charge >= 0.3 is 0 Å². The van der Waals surface area contributed by atoms with E-state index in [1.165, 1.54) is 23.1 Å². The average Bonchev–Trinajstić information content (AvgIpc) is 2.60. The number of fused-ring (bicyclic) bond motifs is 1. The predicted octanol–water partition coefficient (Wildman–Crippen LogP) is 0.0994. The molecule has 0 spiro atoms. The molecule has 10 heteroatoms. The van der Waals surface area contributed by atoms with Gasteiger partial charge in [-0.2, -0.15) is 0 Å². The fraction of sp³-hybridized carbons (Fsp3) is 0.467. The molecule has 1 aliphatic heterocycles. The Morgan fingerprint density at radius 3 is 2.92 bits per heavy atom. The molecule has 136 valence electrons. The lowest BCUT2D eigenvalue weighted by Gasteiger charge is -2.28. The number of benzene rings is 1. The molecule has 0 saturated heterocycles. The molecular formula is C15H19N3O7. The van der Waals surface area contributed by atoms with Crippen LogP contribution in [-0.2, 0) is 19.1 Å². The Hall–Kier alpha value is -2.72. The van der Waals surface area contributed by atoms with Gasteiger partial charge in [0.25, 0.3) is 11.6 Å². The van der Waals surface area contributed by atoms with E-state index in [-0.39, 0.29) is 31.1 Å². The van der Waals surface area contributed by atoms with Crippen molar-refractivity contribution < 1.29 is 28.7 Å². The van der Waals surface area contributed by atoms with E-state index in [9.17, 15) is 19.7 Å². The summed E-state index contributed by atoms with van der Waals surface area (Å²) in [4.78, 5) is 35.6. The molecule has 0 aromatic heterocycles. The van der Waals surface area contributed by atoms with E-state index in [1.54, 1.807) is 7.11 Å². The highest BCUT2D eigenvalue weighted by Gasteiger charge is 2.29. The van der Waals surface area contributed by atoms with Gasteiger partial charge in [0.05, 0.1) is 30.4 Å². The predicted molar refractivity (Wildman–Crippen MR) is 86.6 cm³/mol. The number of amides is 2.